The van der Waals surface area contributed by atoms with Crippen LogP contribution in [0.2, 0.25) is 0 Å². The van der Waals surface area contributed by atoms with Crippen LogP contribution in [0.4, 0.5) is 4.39 Å². The van der Waals surface area contributed by atoms with E-state index < -0.39 is 0 Å². The Kier molecular flexibility index (Phi) is 6.14. The van der Waals surface area contributed by atoms with Crippen molar-refractivity contribution in [2.45, 2.75) is 24.2 Å². The average molecular weight is 283 g/mol. The molecule has 1 aliphatic heterocycles. The van der Waals surface area contributed by atoms with E-state index in [9.17, 15) is 4.39 Å². The third kappa shape index (κ3) is 5.13. The Labute approximate surface area is 119 Å². The monoisotopic (exact) mass is 283 g/mol. The number of hydrogen-bond donors (Lipinski definition) is 1. The normalized spacial score (nSPS) is 20.6. The van der Waals surface area contributed by atoms with Gasteiger partial charge in [0.2, 0.25) is 0 Å². The van der Waals surface area contributed by atoms with Gasteiger partial charge in [-0.2, -0.15) is 0 Å². The maximum absolute atomic E-state index is 12.8. The summed E-state index contributed by atoms with van der Waals surface area (Å²) in [5.74, 6) is 1.53. The Morgan fingerprint density at radius 2 is 2.11 bits per heavy atom. The molecule has 1 heterocycles. The third-order valence-corrected chi connectivity index (χ3v) is 4.62. The quantitative estimate of drug-likeness (QED) is 0.812. The average Bonchev–Trinajstić information content (AvgIpc) is 2.42. The molecule has 0 spiro atoms. The summed E-state index contributed by atoms with van der Waals surface area (Å²) in [5, 5.41) is 9.00. The zero-order valence-electron chi connectivity index (χ0n) is 11.2. The Balaban J connectivity index is 1.69. The molecule has 1 aliphatic rings. The van der Waals surface area contributed by atoms with Gasteiger partial charge in [0.1, 0.15) is 5.82 Å². The highest BCUT2D eigenvalue weighted by molar-refractivity contribution is 7.99. The van der Waals surface area contributed by atoms with E-state index in [2.05, 4.69) is 4.90 Å². The van der Waals surface area contributed by atoms with Crippen molar-refractivity contribution in [2.24, 2.45) is 5.92 Å². The highest BCUT2D eigenvalue weighted by Crippen LogP contribution is 2.21. The second-order valence-corrected chi connectivity index (χ2v) is 6.29. The molecule has 1 aromatic carbocycles. The lowest BCUT2D eigenvalue weighted by Gasteiger charge is -2.32. The minimum Gasteiger partial charge on any atom is -0.396 e. The van der Waals surface area contributed by atoms with Gasteiger partial charge in [-0.15, -0.1) is 11.8 Å². The first-order valence-corrected chi connectivity index (χ1v) is 7.98. The Morgan fingerprint density at radius 1 is 1.32 bits per heavy atom. The summed E-state index contributed by atoms with van der Waals surface area (Å²) in [7, 11) is 0. The molecule has 2 nitrogen and oxygen atoms in total. The second-order valence-electron chi connectivity index (χ2n) is 5.12. The molecule has 1 aromatic rings. The van der Waals surface area contributed by atoms with Crippen LogP contribution < -0.4 is 0 Å². The number of aliphatic hydroxyl groups excluding tert-OH is 1. The van der Waals surface area contributed by atoms with Crippen molar-refractivity contribution in [1.29, 1.82) is 0 Å². The Bertz CT molecular complexity index is 369. The van der Waals surface area contributed by atoms with Crippen molar-refractivity contribution in [3.63, 3.8) is 0 Å². The number of hydrogen-bond acceptors (Lipinski definition) is 3. The predicted molar refractivity (Wildman–Crippen MR) is 78.0 cm³/mol. The molecule has 2 rings (SSSR count). The summed E-state index contributed by atoms with van der Waals surface area (Å²) in [6.45, 7) is 3.67. The van der Waals surface area contributed by atoms with Gasteiger partial charge in [0.25, 0.3) is 0 Å². The van der Waals surface area contributed by atoms with Gasteiger partial charge in [-0.1, -0.05) is 0 Å². The number of likely N-dealkylation sites (tertiary alicyclic amines) is 1. The third-order valence-electron chi connectivity index (χ3n) is 3.63. The van der Waals surface area contributed by atoms with Gasteiger partial charge in [0.15, 0.2) is 0 Å². The lowest BCUT2D eigenvalue weighted by Crippen LogP contribution is -2.37. The van der Waals surface area contributed by atoms with Crippen molar-refractivity contribution < 1.29 is 9.50 Å². The largest absolute Gasteiger partial charge is 0.396 e. The zero-order chi connectivity index (χ0) is 13.5. The van der Waals surface area contributed by atoms with Crippen molar-refractivity contribution >= 4 is 11.8 Å². The van der Waals surface area contributed by atoms with Crippen LogP contribution >= 0.6 is 11.8 Å². The fourth-order valence-corrected chi connectivity index (χ4v) is 3.51. The van der Waals surface area contributed by atoms with Gasteiger partial charge in [0.05, 0.1) is 0 Å². The summed E-state index contributed by atoms with van der Waals surface area (Å²) in [4.78, 5) is 3.62. The van der Waals surface area contributed by atoms with E-state index in [1.54, 1.807) is 11.8 Å². The Morgan fingerprint density at radius 3 is 2.84 bits per heavy atom. The number of thioether (sulfide) groups is 1. The van der Waals surface area contributed by atoms with Crippen LogP contribution in [0.15, 0.2) is 29.2 Å². The molecule has 1 fully saturated rings. The molecular formula is C15H22FNOS. The lowest BCUT2D eigenvalue weighted by atomic mass is 9.95. The van der Waals surface area contributed by atoms with Gasteiger partial charge in [-0.05, 0) is 56.0 Å². The highest BCUT2D eigenvalue weighted by atomic mass is 32.2. The van der Waals surface area contributed by atoms with E-state index in [0.29, 0.717) is 12.5 Å². The number of halogens is 1. The van der Waals surface area contributed by atoms with Gasteiger partial charge in [0, 0.05) is 30.3 Å². The van der Waals surface area contributed by atoms with Crippen LogP contribution in [0.1, 0.15) is 19.3 Å². The molecule has 0 bridgehead atoms. The molecule has 19 heavy (non-hydrogen) atoms. The number of rotatable bonds is 6. The number of benzene rings is 1. The topological polar surface area (TPSA) is 23.5 Å². The fourth-order valence-electron chi connectivity index (χ4n) is 2.60. The number of nitrogens with zero attached hydrogens (tertiary/aromatic N) is 1. The van der Waals surface area contributed by atoms with Gasteiger partial charge >= 0.3 is 0 Å². The molecular weight excluding hydrogens is 261 g/mol. The number of piperidine rings is 1. The maximum atomic E-state index is 12.8. The molecule has 1 atom stereocenters. The Hall–Kier alpha value is -0.580. The van der Waals surface area contributed by atoms with E-state index in [1.165, 1.54) is 31.5 Å². The summed E-state index contributed by atoms with van der Waals surface area (Å²) in [6.07, 6.45) is 3.43. The van der Waals surface area contributed by atoms with E-state index in [4.69, 9.17) is 5.11 Å². The molecule has 1 N–H and O–H groups in total. The molecule has 1 saturated heterocycles. The van der Waals surface area contributed by atoms with E-state index >= 15 is 0 Å². The molecule has 0 aliphatic carbocycles. The first-order valence-electron chi connectivity index (χ1n) is 6.99. The van der Waals surface area contributed by atoms with Crippen molar-refractivity contribution in [3.05, 3.63) is 30.1 Å². The van der Waals surface area contributed by atoms with Crippen LogP contribution in [-0.4, -0.2) is 42.0 Å². The fraction of sp³-hybridized carbons (Fsp3) is 0.600. The highest BCUT2D eigenvalue weighted by Gasteiger charge is 2.18. The molecule has 0 amide bonds. The van der Waals surface area contributed by atoms with Crippen LogP contribution in [0.3, 0.4) is 0 Å². The first-order chi connectivity index (χ1) is 9.28. The summed E-state index contributed by atoms with van der Waals surface area (Å²) in [6, 6.07) is 6.70. The number of aliphatic hydroxyl groups is 1. The second kappa shape index (κ2) is 7.88. The van der Waals surface area contributed by atoms with Crippen molar-refractivity contribution in [2.75, 3.05) is 32.0 Å². The molecule has 0 radical (unpaired) electrons. The molecule has 0 aromatic heterocycles. The smallest absolute Gasteiger partial charge is 0.123 e. The zero-order valence-corrected chi connectivity index (χ0v) is 12.0. The van der Waals surface area contributed by atoms with Crippen LogP contribution in [-0.2, 0) is 0 Å². The van der Waals surface area contributed by atoms with Gasteiger partial charge < -0.3 is 10.0 Å². The van der Waals surface area contributed by atoms with Gasteiger partial charge in [-0.3, -0.25) is 0 Å². The molecule has 0 saturated carbocycles. The predicted octanol–water partition coefficient (Wildman–Crippen LogP) is 3.01. The summed E-state index contributed by atoms with van der Waals surface area (Å²) in [5.41, 5.74) is 0. The molecule has 106 valence electrons. The van der Waals surface area contributed by atoms with Crippen LogP contribution in [0, 0.1) is 11.7 Å². The molecule has 4 heteroatoms. The van der Waals surface area contributed by atoms with Crippen LogP contribution in [0.25, 0.3) is 0 Å². The lowest BCUT2D eigenvalue weighted by molar-refractivity contribution is 0.154. The van der Waals surface area contributed by atoms with Crippen molar-refractivity contribution in [1.82, 2.24) is 4.90 Å². The minimum atomic E-state index is -0.174. The summed E-state index contributed by atoms with van der Waals surface area (Å²) < 4.78 is 12.8. The minimum absolute atomic E-state index is 0.174. The maximum Gasteiger partial charge on any atom is 0.123 e. The van der Waals surface area contributed by atoms with E-state index in [-0.39, 0.29) is 5.82 Å². The first kappa shape index (κ1) is 14.8. The SMILES string of the molecule is OCCC1CCCN(CCSc2ccc(F)cc2)C1. The van der Waals surface area contributed by atoms with E-state index in [1.807, 2.05) is 12.1 Å². The summed E-state index contributed by atoms with van der Waals surface area (Å²) >= 11 is 1.78. The van der Waals surface area contributed by atoms with Crippen molar-refractivity contribution in [3.8, 4) is 0 Å². The van der Waals surface area contributed by atoms with Gasteiger partial charge in [-0.25, -0.2) is 4.39 Å². The standard InChI is InChI=1S/C15H22FNOS/c16-14-3-5-15(6-4-14)19-11-9-17-8-1-2-13(12-17)7-10-18/h3-6,13,18H,1-2,7-12H2. The van der Waals surface area contributed by atoms with Crippen LogP contribution in [0.5, 0.6) is 0 Å². The molecule has 1 unspecified atom stereocenters. The van der Waals surface area contributed by atoms with E-state index in [0.717, 1.165) is 30.2 Å².